The molecule has 2 amide bonds. The number of amides is 2. The van der Waals surface area contributed by atoms with Crippen molar-refractivity contribution in [2.24, 2.45) is 5.73 Å². The van der Waals surface area contributed by atoms with Crippen LogP contribution < -0.4 is 16.4 Å². The summed E-state index contributed by atoms with van der Waals surface area (Å²) in [6.45, 7) is 3.68. The van der Waals surface area contributed by atoms with E-state index in [0.717, 1.165) is 5.69 Å². The van der Waals surface area contributed by atoms with Gasteiger partial charge in [0.05, 0.1) is 12.2 Å². The zero-order valence-corrected chi connectivity index (χ0v) is 13.2. The number of carbonyl (C=O) groups excluding carboxylic acids is 3. The molecule has 0 radical (unpaired) electrons. The molecule has 4 N–H and O–H groups in total. The Kier molecular flexibility index (Phi) is 7.67. The molecular weight excluding hydrogens is 304 g/mol. The molecule has 1 aromatic rings. The van der Waals surface area contributed by atoms with Gasteiger partial charge in [0.15, 0.2) is 6.61 Å². The van der Waals surface area contributed by atoms with Gasteiger partial charge < -0.3 is 21.1 Å². The summed E-state index contributed by atoms with van der Waals surface area (Å²) in [5, 5.41) is 12.7. The number of rotatable bonds is 9. The predicted molar refractivity (Wildman–Crippen MR) is 80.0 cm³/mol. The Morgan fingerprint density at radius 1 is 1.43 bits per heavy atom. The molecule has 1 atom stereocenters. The van der Waals surface area contributed by atoms with E-state index in [9.17, 15) is 14.4 Å². The molecule has 0 spiro atoms. The predicted octanol–water partition coefficient (Wildman–Crippen LogP) is -1.90. The number of carbonyl (C=O) groups is 3. The molecular formula is C13H22N6O4. The molecule has 0 fully saturated rings. The molecule has 0 aliphatic heterocycles. The van der Waals surface area contributed by atoms with E-state index < -0.39 is 24.5 Å². The number of nitrogens with two attached hydrogens (primary N) is 1. The standard InChI is InChI=1S/C13H22N6O4/c1-9-7-19(18-17-9)6-5-15-12(21)8-23-13(22)11(3-4-14)16-10(2)20/h7,11H,3-6,8,14H2,1-2H3,(H,15,21)(H,16,20). The van der Waals surface area contributed by atoms with Crippen LogP contribution in [0.5, 0.6) is 0 Å². The van der Waals surface area contributed by atoms with E-state index in [1.165, 1.54) is 6.92 Å². The summed E-state index contributed by atoms with van der Waals surface area (Å²) in [5.74, 6) is -1.50. The average molecular weight is 326 g/mol. The fourth-order valence-electron chi connectivity index (χ4n) is 1.76. The van der Waals surface area contributed by atoms with Crippen LogP contribution in [-0.4, -0.2) is 58.5 Å². The molecule has 23 heavy (non-hydrogen) atoms. The fourth-order valence-corrected chi connectivity index (χ4v) is 1.76. The number of hydrogen-bond donors (Lipinski definition) is 3. The summed E-state index contributed by atoms with van der Waals surface area (Å²) in [6, 6.07) is -0.844. The van der Waals surface area contributed by atoms with Gasteiger partial charge in [0.1, 0.15) is 6.04 Å². The Morgan fingerprint density at radius 2 is 2.17 bits per heavy atom. The molecule has 0 bridgehead atoms. The summed E-state index contributed by atoms with van der Waals surface area (Å²) < 4.78 is 6.46. The fraction of sp³-hybridized carbons (Fsp3) is 0.615. The van der Waals surface area contributed by atoms with Crippen molar-refractivity contribution in [1.82, 2.24) is 25.6 Å². The van der Waals surface area contributed by atoms with Gasteiger partial charge in [-0.1, -0.05) is 5.21 Å². The number of nitrogens with one attached hydrogen (secondary N) is 2. The van der Waals surface area contributed by atoms with E-state index in [1.807, 2.05) is 6.92 Å². The summed E-state index contributed by atoms with van der Waals surface area (Å²) in [6.07, 6.45) is 1.99. The molecule has 1 heterocycles. The lowest BCUT2D eigenvalue weighted by molar-refractivity contribution is -0.151. The topological polar surface area (TPSA) is 141 Å². The van der Waals surface area contributed by atoms with Crippen LogP contribution in [0.25, 0.3) is 0 Å². The quantitative estimate of drug-likeness (QED) is 0.450. The third kappa shape index (κ3) is 7.36. The van der Waals surface area contributed by atoms with Crippen molar-refractivity contribution in [3.05, 3.63) is 11.9 Å². The maximum absolute atomic E-state index is 11.8. The van der Waals surface area contributed by atoms with Gasteiger partial charge in [-0.3, -0.25) is 14.3 Å². The maximum atomic E-state index is 11.8. The summed E-state index contributed by atoms with van der Waals surface area (Å²) in [7, 11) is 0. The van der Waals surface area contributed by atoms with E-state index in [2.05, 4.69) is 20.9 Å². The number of aryl methyl sites for hydroxylation is 1. The molecule has 128 valence electrons. The van der Waals surface area contributed by atoms with E-state index in [-0.39, 0.29) is 18.9 Å². The lowest BCUT2D eigenvalue weighted by Crippen LogP contribution is -2.43. The second-order valence-electron chi connectivity index (χ2n) is 4.91. The number of nitrogens with zero attached hydrogens (tertiary/aromatic N) is 3. The Labute approximate surface area is 133 Å². The van der Waals surface area contributed by atoms with Gasteiger partial charge in [-0.2, -0.15) is 0 Å². The van der Waals surface area contributed by atoms with Crippen molar-refractivity contribution in [2.45, 2.75) is 32.9 Å². The summed E-state index contributed by atoms with van der Waals surface area (Å²) in [5.41, 5.74) is 6.16. The van der Waals surface area contributed by atoms with Crippen LogP contribution >= 0.6 is 0 Å². The number of aromatic nitrogens is 3. The van der Waals surface area contributed by atoms with E-state index >= 15 is 0 Å². The van der Waals surface area contributed by atoms with Gasteiger partial charge in [-0.25, -0.2) is 4.79 Å². The second-order valence-corrected chi connectivity index (χ2v) is 4.91. The van der Waals surface area contributed by atoms with Gasteiger partial charge in [0.2, 0.25) is 5.91 Å². The van der Waals surface area contributed by atoms with Crippen LogP contribution in [0.1, 0.15) is 19.0 Å². The molecule has 0 saturated heterocycles. The van der Waals surface area contributed by atoms with Crippen molar-refractivity contribution in [3.63, 3.8) is 0 Å². The summed E-state index contributed by atoms with van der Waals surface area (Å²) in [4.78, 5) is 34.4. The molecule has 0 aliphatic rings. The van der Waals surface area contributed by atoms with Crippen LogP contribution in [0.3, 0.4) is 0 Å². The molecule has 0 saturated carbocycles. The highest BCUT2D eigenvalue weighted by molar-refractivity contribution is 5.85. The molecule has 0 aliphatic carbocycles. The zero-order chi connectivity index (χ0) is 17.2. The first kappa shape index (κ1) is 18.6. The van der Waals surface area contributed by atoms with Gasteiger partial charge in [-0.05, 0) is 19.9 Å². The lowest BCUT2D eigenvalue weighted by atomic mass is 10.2. The minimum Gasteiger partial charge on any atom is -0.454 e. The normalized spacial score (nSPS) is 11.6. The van der Waals surface area contributed by atoms with Crippen LogP contribution in [0.4, 0.5) is 0 Å². The Bertz CT molecular complexity index is 544. The summed E-state index contributed by atoms with van der Waals surface area (Å²) >= 11 is 0. The lowest BCUT2D eigenvalue weighted by Gasteiger charge is -2.15. The highest BCUT2D eigenvalue weighted by Crippen LogP contribution is 1.95. The first-order valence-electron chi connectivity index (χ1n) is 7.19. The minimum atomic E-state index is -0.844. The molecule has 10 heteroatoms. The molecule has 1 unspecified atom stereocenters. The highest BCUT2D eigenvalue weighted by Gasteiger charge is 2.20. The van der Waals surface area contributed by atoms with Crippen molar-refractivity contribution in [3.8, 4) is 0 Å². The van der Waals surface area contributed by atoms with Crippen LogP contribution in [0.2, 0.25) is 0 Å². The van der Waals surface area contributed by atoms with E-state index in [4.69, 9.17) is 10.5 Å². The molecule has 1 aromatic heterocycles. The number of ether oxygens (including phenoxy) is 1. The Balaban J connectivity index is 2.27. The maximum Gasteiger partial charge on any atom is 0.329 e. The van der Waals surface area contributed by atoms with Gasteiger partial charge >= 0.3 is 5.97 Å². The van der Waals surface area contributed by atoms with Crippen LogP contribution in [-0.2, 0) is 25.7 Å². The van der Waals surface area contributed by atoms with Gasteiger partial charge in [-0.15, -0.1) is 5.10 Å². The zero-order valence-electron chi connectivity index (χ0n) is 13.2. The molecule has 0 aromatic carbocycles. The monoisotopic (exact) mass is 326 g/mol. The van der Waals surface area contributed by atoms with Gasteiger partial charge in [0, 0.05) is 19.7 Å². The number of hydrogen-bond acceptors (Lipinski definition) is 7. The second kappa shape index (κ2) is 9.51. The highest BCUT2D eigenvalue weighted by atomic mass is 16.5. The Morgan fingerprint density at radius 3 is 2.74 bits per heavy atom. The molecule has 10 nitrogen and oxygen atoms in total. The largest absolute Gasteiger partial charge is 0.454 e. The first-order chi connectivity index (χ1) is 10.9. The van der Waals surface area contributed by atoms with Crippen molar-refractivity contribution in [2.75, 3.05) is 19.7 Å². The third-order valence-electron chi connectivity index (χ3n) is 2.78. The minimum absolute atomic E-state index is 0.212. The number of esters is 1. The average Bonchev–Trinajstić information content (AvgIpc) is 2.89. The van der Waals surface area contributed by atoms with E-state index in [1.54, 1.807) is 10.9 Å². The van der Waals surface area contributed by atoms with Crippen molar-refractivity contribution < 1.29 is 19.1 Å². The van der Waals surface area contributed by atoms with Gasteiger partial charge in [0.25, 0.3) is 5.91 Å². The van der Waals surface area contributed by atoms with Crippen molar-refractivity contribution >= 4 is 17.8 Å². The molecule has 1 rings (SSSR count). The third-order valence-corrected chi connectivity index (χ3v) is 2.78. The smallest absolute Gasteiger partial charge is 0.329 e. The van der Waals surface area contributed by atoms with Crippen molar-refractivity contribution in [1.29, 1.82) is 0 Å². The van der Waals surface area contributed by atoms with E-state index in [0.29, 0.717) is 13.1 Å². The SMILES string of the molecule is CC(=O)NC(CCN)C(=O)OCC(=O)NCCn1cc(C)nn1. The van der Waals surface area contributed by atoms with Crippen LogP contribution in [0.15, 0.2) is 6.20 Å². The van der Waals surface area contributed by atoms with Crippen LogP contribution in [0, 0.1) is 6.92 Å². The first-order valence-corrected chi connectivity index (χ1v) is 7.19. The Hall–Kier alpha value is -2.49.